The first-order chi connectivity index (χ1) is 21.0. The Balaban J connectivity index is 1.45. The van der Waals surface area contributed by atoms with Crippen molar-refractivity contribution in [3.05, 3.63) is 40.6 Å². The Labute approximate surface area is 248 Å². The minimum Gasteiger partial charge on any atom is -0.507 e. The van der Waals surface area contributed by atoms with Crippen LogP contribution in [-0.4, -0.2) is 124 Å². The minimum absolute atomic E-state index is 0.0302. The second-order valence-corrected chi connectivity index (χ2v) is 10.2. The largest absolute Gasteiger partial charge is 0.507 e. The first kappa shape index (κ1) is 31.7. The molecule has 1 aromatic heterocycles. The number of aliphatic hydroxyl groups is 6. The van der Waals surface area contributed by atoms with Crippen molar-refractivity contribution < 1.29 is 73.7 Å². The van der Waals surface area contributed by atoms with Crippen molar-refractivity contribution in [3.63, 3.8) is 0 Å². The van der Waals surface area contributed by atoms with Crippen molar-refractivity contribution in [3.8, 4) is 40.1 Å². The summed E-state index contributed by atoms with van der Waals surface area (Å²) in [5.41, 5.74) is -0.772. The Hall–Kier alpha value is -3.71. The van der Waals surface area contributed by atoms with Gasteiger partial charge in [-0.05, 0) is 18.2 Å². The van der Waals surface area contributed by atoms with Crippen LogP contribution in [0.15, 0.2) is 39.5 Å². The molecule has 2 saturated heterocycles. The maximum absolute atomic E-state index is 13.7. The highest BCUT2D eigenvalue weighted by molar-refractivity contribution is 5.88. The smallest absolute Gasteiger partial charge is 0.239 e. The summed E-state index contributed by atoms with van der Waals surface area (Å²) in [4.78, 5) is 13.7. The van der Waals surface area contributed by atoms with Crippen LogP contribution in [0, 0.1) is 0 Å². The lowest BCUT2D eigenvalue weighted by molar-refractivity contribution is -0.306. The van der Waals surface area contributed by atoms with Gasteiger partial charge in [-0.1, -0.05) is 0 Å². The van der Waals surface area contributed by atoms with Gasteiger partial charge in [0, 0.05) is 17.7 Å². The molecule has 2 aliphatic heterocycles. The Morgan fingerprint density at radius 2 is 1.48 bits per heavy atom. The van der Waals surface area contributed by atoms with E-state index in [9.17, 15) is 45.6 Å². The van der Waals surface area contributed by atoms with Crippen LogP contribution in [0.25, 0.3) is 22.3 Å². The topological polar surface area (TPSA) is 247 Å². The van der Waals surface area contributed by atoms with Gasteiger partial charge in [0.15, 0.2) is 23.5 Å². The molecule has 0 aliphatic carbocycles. The molecule has 3 aromatic rings. The molecule has 44 heavy (non-hydrogen) atoms. The second kappa shape index (κ2) is 12.7. The zero-order chi connectivity index (χ0) is 31.9. The SMILES string of the molecule is COc1cc(O)c2c(=O)c(O[C@H]3O[C@H](CO[C@@H]4O[C@H](CO)[C@@H](O)[C@H](O)[C@H]4O)[C@@H](O)[C@@H]3O)c(-c3ccc(O)c(OC)c3)oc2c1. The molecule has 0 spiro atoms. The van der Waals surface area contributed by atoms with Crippen LogP contribution in [0.4, 0.5) is 0 Å². The molecule has 0 saturated carbocycles. The van der Waals surface area contributed by atoms with E-state index in [2.05, 4.69) is 0 Å². The summed E-state index contributed by atoms with van der Waals surface area (Å²) >= 11 is 0. The predicted octanol–water partition coefficient (Wildman–Crippen LogP) is -1.47. The first-order valence-corrected chi connectivity index (χ1v) is 13.3. The van der Waals surface area contributed by atoms with Gasteiger partial charge in [-0.15, -0.1) is 0 Å². The fourth-order valence-electron chi connectivity index (χ4n) is 4.95. The highest BCUT2D eigenvalue weighted by Crippen LogP contribution is 2.40. The number of phenols is 2. The van der Waals surface area contributed by atoms with Gasteiger partial charge in [-0.2, -0.15) is 0 Å². The summed E-state index contributed by atoms with van der Waals surface area (Å²) in [7, 11) is 2.66. The number of benzene rings is 2. The average Bonchev–Trinajstić information content (AvgIpc) is 3.28. The fraction of sp³-hybridized carbons (Fsp3) is 0.464. The molecule has 16 nitrogen and oxygen atoms in total. The van der Waals surface area contributed by atoms with Gasteiger partial charge in [-0.3, -0.25) is 4.79 Å². The molecule has 8 N–H and O–H groups in total. The molecule has 16 heteroatoms. The molecule has 0 unspecified atom stereocenters. The predicted molar refractivity (Wildman–Crippen MR) is 145 cm³/mol. The minimum atomic E-state index is -1.75. The van der Waals surface area contributed by atoms with Crippen LogP contribution in [0.2, 0.25) is 0 Å². The fourth-order valence-corrected chi connectivity index (χ4v) is 4.95. The van der Waals surface area contributed by atoms with E-state index in [-0.39, 0.29) is 39.5 Å². The average molecular weight is 625 g/mol. The summed E-state index contributed by atoms with van der Waals surface area (Å²) in [6, 6.07) is 6.57. The molecular weight excluding hydrogens is 592 g/mol. The number of phenolic OH excluding ortho intramolecular Hbond substituents is 2. The Morgan fingerprint density at radius 1 is 0.795 bits per heavy atom. The maximum Gasteiger partial charge on any atom is 0.239 e. The van der Waals surface area contributed by atoms with Crippen LogP contribution in [0.3, 0.4) is 0 Å². The second-order valence-electron chi connectivity index (χ2n) is 10.2. The molecule has 2 aromatic carbocycles. The van der Waals surface area contributed by atoms with Crippen LogP contribution in [-0.2, 0) is 14.2 Å². The van der Waals surface area contributed by atoms with Gasteiger partial charge in [-0.25, -0.2) is 0 Å². The summed E-state index contributed by atoms with van der Waals surface area (Å²) < 4.78 is 38.4. The lowest BCUT2D eigenvalue weighted by Gasteiger charge is -2.39. The number of aliphatic hydroxyl groups excluding tert-OH is 6. The maximum atomic E-state index is 13.7. The lowest BCUT2D eigenvalue weighted by Crippen LogP contribution is -2.59. The molecular formula is C28H32O16. The molecule has 2 fully saturated rings. The van der Waals surface area contributed by atoms with Gasteiger partial charge in [0.2, 0.25) is 17.5 Å². The van der Waals surface area contributed by atoms with Crippen molar-refractivity contribution in [2.24, 2.45) is 0 Å². The summed E-state index contributed by atoms with van der Waals surface area (Å²) in [5, 5.41) is 81.3. The summed E-state index contributed by atoms with van der Waals surface area (Å²) in [6.45, 7) is -1.22. The molecule has 3 heterocycles. The number of hydrogen-bond acceptors (Lipinski definition) is 16. The number of ether oxygens (including phenoxy) is 6. The van der Waals surface area contributed by atoms with Gasteiger partial charge in [0.05, 0.1) is 27.4 Å². The van der Waals surface area contributed by atoms with Gasteiger partial charge < -0.3 is 73.7 Å². The Bertz CT molecular complexity index is 1540. The van der Waals surface area contributed by atoms with Crippen molar-refractivity contribution in [2.45, 2.75) is 55.3 Å². The highest BCUT2D eigenvalue weighted by Gasteiger charge is 2.48. The lowest BCUT2D eigenvalue weighted by atomic mass is 9.99. The molecule has 5 rings (SSSR count). The molecule has 0 amide bonds. The van der Waals surface area contributed by atoms with Gasteiger partial charge >= 0.3 is 0 Å². The number of methoxy groups -OCH3 is 2. The Morgan fingerprint density at radius 3 is 2.16 bits per heavy atom. The third-order valence-electron chi connectivity index (χ3n) is 7.41. The van der Waals surface area contributed by atoms with E-state index in [1.807, 2.05) is 0 Å². The number of rotatable bonds is 9. The van der Waals surface area contributed by atoms with Crippen LogP contribution >= 0.6 is 0 Å². The summed E-state index contributed by atoms with van der Waals surface area (Å²) in [6.07, 6.45) is -14.2. The van der Waals surface area contributed by atoms with E-state index in [4.69, 9.17) is 32.8 Å². The molecule has 240 valence electrons. The number of hydrogen-bond donors (Lipinski definition) is 8. The molecule has 0 bridgehead atoms. The monoisotopic (exact) mass is 624 g/mol. The van der Waals surface area contributed by atoms with Gasteiger partial charge in [0.25, 0.3) is 0 Å². The molecule has 2 aliphatic rings. The van der Waals surface area contributed by atoms with E-state index < -0.39 is 85.4 Å². The van der Waals surface area contributed by atoms with Gasteiger partial charge in [0.1, 0.15) is 65.2 Å². The van der Waals surface area contributed by atoms with Crippen molar-refractivity contribution in [1.82, 2.24) is 0 Å². The first-order valence-electron chi connectivity index (χ1n) is 13.3. The van der Waals surface area contributed by atoms with Crippen molar-refractivity contribution >= 4 is 11.0 Å². The highest BCUT2D eigenvalue weighted by atomic mass is 16.7. The zero-order valence-electron chi connectivity index (χ0n) is 23.3. The van der Waals surface area contributed by atoms with Crippen LogP contribution < -0.4 is 19.6 Å². The van der Waals surface area contributed by atoms with Crippen LogP contribution in [0.1, 0.15) is 0 Å². The van der Waals surface area contributed by atoms with E-state index in [1.54, 1.807) is 0 Å². The normalized spacial score (nSPS) is 30.4. The van der Waals surface area contributed by atoms with E-state index in [0.29, 0.717) is 0 Å². The quantitative estimate of drug-likeness (QED) is 0.135. The van der Waals surface area contributed by atoms with Crippen molar-refractivity contribution in [2.75, 3.05) is 27.4 Å². The van der Waals surface area contributed by atoms with E-state index >= 15 is 0 Å². The van der Waals surface area contributed by atoms with E-state index in [1.165, 1.54) is 44.6 Å². The third kappa shape index (κ3) is 5.74. The molecule has 0 radical (unpaired) electrons. The number of fused-ring (bicyclic) bond motifs is 1. The standard InChI is InChI=1S/C28H32O16/c1-38-11-6-13(31)18-15(7-11)41-25(10-3-4-12(30)14(5-10)39-2)26(21(18)34)44-28-23(36)20(33)17(43-28)9-40-27-24(37)22(35)19(32)16(8-29)42-27/h3-7,16-17,19-20,22-24,27-33,35-37H,8-9H2,1-2H3/t16-,17-,19-,20-,22+,23+,24-,27-,28-/m1/s1. The Kier molecular flexibility index (Phi) is 9.17. The zero-order valence-corrected chi connectivity index (χ0v) is 23.3. The summed E-state index contributed by atoms with van der Waals surface area (Å²) in [5.74, 6) is -1.23. The van der Waals surface area contributed by atoms with E-state index in [0.717, 1.165) is 0 Å². The number of aromatic hydroxyl groups is 2. The third-order valence-corrected chi connectivity index (χ3v) is 7.41. The van der Waals surface area contributed by atoms with Crippen molar-refractivity contribution in [1.29, 1.82) is 0 Å². The van der Waals surface area contributed by atoms with Crippen LogP contribution in [0.5, 0.6) is 28.7 Å². The molecule has 9 atom stereocenters.